The van der Waals surface area contributed by atoms with Gasteiger partial charge in [-0.2, -0.15) is 3.97 Å². The molecule has 1 unspecified atom stereocenters. The Morgan fingerprint density at radius 2 is 1.89 bits per heavy atom. The SMILES string of the molecule is COP(C)(=O)O[SH](=O)=O. The highest BCUT2D eigenvalue weighted by atomic mass is 32.2. The van der Waals surface area contributed by atoms with Gasteiger partial charge in [-0.3, -0.25) is 4.57 Å². The standard InChI is InChI=1S/C2H7O5PS/c1-6-8(2,3)7-9(4)5/h9H,1-2H3. The van der Waals surface area contributed by atoms with Gasteiger partial charge in [0.25, 0.3) is 11.0 Å². The Bertz CT molecular complexity index is 187. The van der Waals surface area contributed by atoms with Crippen molar-refractivity contribution < 1.29 is 21.5 Å². The Morgan fingerprint density at radius 1 is 1.44 bits per heavy atom. The van der Waals surface area contributed by atoms with Crippen LogP contribution in [0.5, 0.6) is 0 Å². The maximum Gasteiger partial charge on any atom is 0.341 e. The Morgan fingerprint density at radius 3 is 2.00 bits per heavy atom. The van der Waals surface area contributed by atoms with Crippen LogP contribution in [0.25, 0.3) is 0 Å². The molecule has 5 nitrogen and oxygen atoms in total. The molecule has 0 aromatic carbocycles. The molecule has 1 atom stereocenters. The van der Waals surface area contributed by atoms with Crippen molar-refractivity contribution in [3.8, 4) is 0 Å². The molecule has 0 aliphatic rings. The van der Waals surface area contributed by atoms with E-state index in [1.54, 1.807) is 0 Å². The summed E-state index contributed by atoms with van der Waals surface area (Å²) in [7, 11) is -5.30. The Kier molecular flexibility index (Phi) is 3.35. The van der Waals surface area contributed by atoms with Crippen LogP contribution < -0.4 is 0 Å². The zero-order valence-electron chi connectivity index (χ0n) is 4.94. The molecule has 0 saturated heterocycles. The summed E-state index contributed by atoms with van der Waals surface area (Å²) < 4.78 is 38.1. The first-order valence-corrected chi connectivity index (χ1v) is 5.04. The average Bonchev–Trinajstić information content (AvgIpc) is 1.63. The van der Waals surface area contributed by atoms with E-state index in [-0.39, 0.29) is 0 Å². The molecule has 0 saturated carbocycles. The molecule has 0 fully saturated rings. The summed E-state index contributed by atoms with van der Waals surface area (Å²) in [5, 5.41) is 0. The van der Waals surface area contributed by atoms with Crippen LogP contribution in [0.4, 0.5) is 0 Å². The van der Waals surface area contributed by atoms with Crippen molar-refractivity contribution in [3.05, 3.63) is 0 Å². The normalized spacial score (nSPS) is 17.7. The molecule has 0 aromatic rings. The maximum atomic E-state index is 10.6. The van der Waals surface area contributed by atoms with Gasteiger partial charge in [0.15, 0.2) is 0 Å². The number of hydrogen-bond donors (Lipinski definition) is 1. The van der Waals surface area contributed by atoms with Gasteiger partial charge in [0.05, 0.1) is 0 Å². The highest BCUT2D eigenvalue weighted by Gasteiger charge is 2.14. The van der Waals surface area contributed by atoms with Crippen molar-refractivity contribution in [3.63, 3.8) is 0 Å². The average molecular weight is 174 g/mol. The van der Waals surface area contributed by atoms with E-state index in [9.17, 15) is 13.0 Å². The predicted molar refractivity (Wildman–Crippen MR) is 31.9 cm³/mol. The van der Waals surface area contributed by atoms with Gasteiger partial charge in [-0.05, 0) is 0 Å². The minimum Gasteiger partial charge on any atom is -0.311 e. The van der Waals surface area contributed by atoms with Crippen LogP contribution >= 0.6 is 7.60 Å². The van der Waals surface area contributed by atoms with Crippen LogP contribution in [0.3, 0.4) is 0 Å². The lowest BCUT2D eigenvalue weighted by Crippen LogP contribution is -1.87. The summed E-state index contributed by atoms with van der Waals surface area (Å²) in [5.74, 6) is 0. The Balaban J connectivity index is 4.04. The molecule has 0 spiro atoms. The first-order chi connectivity index (χ1) is 3.98. The van der Waals surface area contributed by atoms with Crippen molar-refractivity contribution in [1.29, 1.82) is 0 Å². The van der Waals surface area contributed by atoms with Gasteiger partial charge < -0.3 is 4.52 Å². The van der Waals surface area contributed by atoms with Gasteiger partial charge in [-0.15, -0.1) is 0 Å². The third kappa shape index (κ3) is 4.59. The molecule has 0 rings (SSSR count). The summed E-state index contributed by atoms with van der Waals surface area (Å²) >= 11 is 0. The lowest BCUT2D eigenvalue weighted by atomic mass is 11.8. The van der Waals surface area contributed by atoms with Crippen LogP contribution in [0.1, 0.15) is 0 Å². The third-order valence-electron chi connectivity index (χ3n) is 0.547. The number of rotatable bonds is 3. The topological polar surface area (TPSA) is 69.7 Å². The molecule has 0 aliphatic heterocycles. The molecule has 0 radical (unpaired) electrons. The van der Waals surface area contributed by atoms with Crippen molar-refractivity contribution in [2.24, 2.45) is 0 Å². The van der Waals surface area contributed by atoms with Gasteiger partial charge in [0.2, 0.25) is 0 Å². The Labute approximate surface area is 54.7 Å². The molecule has 0 aliphatic carbocycles. The van der Waals surface area contributed by atoms with E-state index >= 15 is 0 Å². The van der Waals surface area contributed by atoms with Crippen molar-refractivity contribution in [2.45, 2.75) is 0 Å². The molecule has 0 N–H and O–H groups in total. The molecule has 0 aromatic heterocycles. The molecule has 0 amide bonds. The number of hydrogen-bond acceptors (Lipinski definition) is 5. The second-order valence-corrected chi connectivity index (χ2v) is 4.27. The fourth-order valence-corrected chi connectivity index (χ4v) is 1.39. The molecule has 56 valence electrons. The maximum absolute atomic E-state index is 10.6. The minimum absolute atomic E-state index is 1.07. The molecule has 7 heteroatoms. The largest absolute Gasteiger partial charge is 0.341 e. The van der Waals surface area contributed by atoms with Crippen LogP contribution in [0, 0.1) is 0 Å². The smallest absolute Gasteiger partial charge is 0.311 e. The predicted octanol–water partition coefficient (Wildman–Crippen LogP) is -0.00130. The van der Waals surface area contributed by atoms with E-state index in [1.165, 1.54) is 0 Å². The van der Waals surface area contributed by atoms with Crippen molar-refractivity contribution >= 4 is 18.6 Å². The van der Waals surface area contributed by atoms with E-state index in [1.807, 2.05) is 0 Å². The monoisotopic (exact) mass is 174 g/mol. The first-order valence-electron chi connectivity index (χ1n) is 1.95. The summed E-state index contributed by atoms with van der Waals surface area (Å²) in [5.41, 5.74) is 0. The van der Waals surface area contributed by atoms with Crippen molar-refractivity contribution in [1.82, 2.24) is 0 Å². The molecule has 9 heavy (non-hydrogen) atoms. The lowest BCUT2D eigenvalue weighted by molar-refractivity contribution is 0.333. The lowest BCUT2D eigenvalue weighted by Gasteiger charge is -2.03. The van der Waals surface area contributed by atoms with Crippen LogP contribution in [-0.2, 0) is 24.0 Å². The summed E-state index contributed by atoms with van der Waals surface area (Å²) in [4.78, 5) is 0. The minimum atomic E-state index is -3.33. The van der Waals surface area contributed by atoms with Gasteiger partial charge in [-0.25, -0.2) is 8.42 Å². The van der Waals surface area contributed by atoms with E-state index in [4.69, 9.17) is 0 Å². The molecule has 0 heterocycles. The summed E-state index contributed by atoms with van der Waals surface area (Å²) in [6, 6.07) is 0. The van der Waals surface area contributed by atoms with E-state index in [0.29, 0.717) is 0 Å². The van der Waals surface area contributed by atoms with E-state index < -0.39 is 18.6 Å². The number of thiol groups is 1. The van der Waals surface area contributed by atoms with Crippen LogP contribution in [-0.4, -0.2) is 22.2 Å². The van der Waals surface area contributed by atoms with Gasteiger partial charge in [-0.1, -0.05) is 0 Å². The fraction of sp³-hybridized carbons (Fsp3) is 1.00. The Hall–Kier alpha value is 0.100. The second-order valence-electron chi connectivity index (χ2n) is 1.26. The van der Waals surface area contributed by atoms with Gasteiger partial charge >= 0.3 is 7.60 Å². The second kappa shape index (κ2) is 3.31. The molecular formula is C2H7O5PS. The highest BCUT2D eigenvalue weighted by Crippen LogP contribution is 2.42. The van der Waals surface area contributed by atoms with Crippen LogP contribution in [0.15, 0.2) is 0 Å². The zero-order valence-corrected chi connectivity index (χ0v) is 6.72. The molecular weight excluding hydrogens is 167 g/mol. The first kappa shape index (κ1) is 9.10. The van der Waals surface area contributed by atoms with Crippen molar-refractivity contribution in [2.75, 3.05) is 13.8 Å². The quantitative estimate of drug-likeness (QED) is 0.481. The fourth-order valence-electron chi connectivity index (χ4n) is 0.154. The van der Waals surface area contributed by atoms with E-state index in [2.05, 4.69) is 8.49 Å². The summed E-state index contributed by atoms with van der Waals surface area (Å²) in [6.45, 7) is 1.07. The third-order valence-corrected chi connectivity index (χ3v) is 2.93. The van der Waals surface area contributed by atoms with Gasteiger partial charge in [0.1, 0.15) is 0 Å². The van der Waals surface area contributed by atoms with E-state index in [0.717, 1.165) is 13.8 Å². The molecule has 0 bridgehead atoms. The van der Waals surface area contributed by atoms with Crippen LogP contribution in [0.2, 0.25) is 0 Å². The zero-order chi connectivity index (χ0) is 7.49. The van der Waals surface area contributed by atoms with Gasteiger partial charge in [0, 0.05) is 13.8 Å². The summed E-state index contributed by atoms with van der Waals surface area (Å²) in [6.07, 6.45) is 0. The highest BCUT2D eigenvalue weighted by molar-refractivity contribution is 7.75.